The summed E-state index contributed by atoms with van der Waals surface area (Å²) in [5, 5.41) is 131. The van der Waals surface area contributed by atoms with Crippen molar-refractivity contribution in [2.24, 2.45) is 50.2 Å². The fourth-order valence-electron chi connectivity index (χ4n) is 17.6. The molecule has 5 saturated heterocycles. The molecule has 10 fully saturated rings. The SMILES string of the molecule is C[C@@H]1O[C@@H](O[C@H]2[C@H](O[C@H]3CO[C@H](O[C@H]4CC[C@]5(C)[C@H]6CC[C@]78OC[C@@]9(CC[C@](C)(C=O)C[C@H]97)[C@H](O)C[C@@]8(C)[C@]6(C)CC[C@H]5C4(C)C)[C@H](O[C@@H]4O[C@H](CO)[C@@H](O)[C@H](O)[C@H]4O)[C@H]3O)O[C@H](CO)[C@@H](O)[C@@H]2O)[C@H](O)[C@H](O)[C@H]1O. The lowest BCUT2D eigenvalue weighted by molar-refractivity contribution is -0.394. The molecule has 30 atom stereocenters. The maximum atomic E-state index is 12.6. The number of hydrogen-bond donors (Lipinski definition) is 12. The van der Waals surface area contributed by atoms with Gasteiger partial charge in [0.15, 0.2) is 25.2 Å². The van der Waals surface area contributed by atoms with Gasteiger partial charge in [-0.2, -0.15) is 0 Å². The molecule has 1 spiro atoms. The first-order chi connectivity index (χ1) is 35.2. The number of aliphatic hydroxyl groups is 12. The van der Waals surface area contributed by atoms with Gasteiger partial charge in [-0.1, -0.05) is 41.5 Å². The second-order valence-electron chi connectivity index (χ2n) is 26.2. The van der Waals surface area contributed by atoms with E-state index in [-0.39, 0.29) is 39.4 Å². The van der Waals surface area contributed by atoms with Crippen LogP contribution in [0.3, 0.4) is 0 Å². The molecule has 10 aliphatic rings. The van der Waals surface area contributed by atoms with Gasteiger partial charge in [0.2, 0.25) is 0 Å². The largest absolute Gasteiger partial charge is 0.394 e. The minimum Gasteiger partial charge on any atom is -0.394 e. The molecule has 12 N–H and O–H groups in total. The zero-order chi connectivity index (χ0) is 54.3. The van der Waals surface area contributed by atoms with Gasteiger partial charge in [-0.3, -0.25) is 0 Å². The number of ether oxygens (including phenoxy) is 9. The Morgan fingerprint density at radius 3 is 1.81 bits per heavy atom. The monoisotopic (exact) mass is 1070 g/mol. The van der Waals surface area contributed by atoms with Gasteiger partial charge in [-0.15, -0.1) is 0 Å². The van der Waals surface area contributed by atoms with Crippen LogP contribution in [0.4, 0.5) is 0 Å². The van der Waals surface area contributed by atoms with Crippen LogP contribution in [-0.4, -0.2) is 229 Å². The van der Waals surface area contributed by atoms with E-state index in [1.807, 2.05) is 0 Å². The Labute approximate surface area is 437 Å². The number of carbonyl (C=O) groups excluding carboxylic acids is 1. The lowest BCUT2D eigenvalue weighted by Gasteiger charge is -2.75. The highest BCUT2D eigenvalue weighted by Crippen LogP contribution is 2.80. The van der Waals surface area contributed by atoms with Crippen molar-refractivity contribution in [3.63, 3.8) is 0 Å². The van der Waals surface area contributed by atoms with Crippen molar-refractivity contribution in [1.82, 2.24) is 0 Å². The average molecular weight is 1080 g/mol. The van der Waals surface area contributed by atoms with Crippen LogP contribution in [0.25, 0.3) is 0 Å². The molecule has 0 unspecified atom stereocenters. The van der Waals surface area contributed by atoms with Crippen molar-refractivity contribution in [1.29, 1.82) is 0 Å². The Hall–Kier alpha value is -1.17. The number of rotatable bonds is 11. The standard InChI is InChI=1S/C53H86O22/c1-23-32(58)36(62)39(65)43(69-23)75-42-38(64)34(60)25(19-55)71-46(42)72-26-20-67-45(41(35(26)61)74-44-40(66)37(63)33(59)24(18-54)70-44)73-31-10-11-49(5)27(47(31,2)3)8-12-50(6)28(49)9-13-53-29-16-48(4,21-56)14-15-52(29,22-68-53)30(57)17-51(50,53)7/h21,23-46,54-55,57-66H,8-20,22H2,1-7H3/t23-,24+,25+,26-,27-,28+,29+,30+,31-,32-,33+,34+,35-,36+,37-,38-,39+,40+,41+,42+,43-,44-,45+,46-,48-,49-,50+,51-,52+,53-/m0/s1. The normalized spacial score (nSPS) is 58.5. The number of fused-ring (bicyclic) bond motifs is 4. The molecule has 5 saturated carbocycles. The lowest BCUT2D eigenvalue weighted by atomic mass is 9.30. The lowest BCUT2D eigenvalue weighted by Crippen LogP contribution is -2.74. The highest BCUT2D eigenvalue weighted by Gasteiger charge is 2.80. The van der Waals surface area contributed by atoms with Gasteiger partial charge in [0.1, 0.15) is 91.7 Å². The molecule has 0 aromatic rings. The van der Waals surface area contributed by atoms with E-state index < -0.39 is 165 Å². The molecular weight excluding hydrogens is 989 g/mol. The molecule has 10 rings (SSSR count). The molecule has 0 aromatic heterocycles. The maximum absolute atomic E-state index is 12.6. The first kappa shape index (κ1) is 57.1. The van der Waals surface area contributed by atoms with Crippen molar-refractivity contribution in [2.45, 2.75) is 247 Å². The molecule has 2 bridgehead atoms. The Morgan fingerprint density at radius 1 is 0.560 bits per heavy atom. The van der Waals surface area contributed by atoms with Crippen molar-refractivity contribution >= 4 is 6.29 Å². The summed E-state index contributed by atoms with van der Waals surface area (Å²) >= 11 is 0. The van der Waals surface area contributed by atoms with E-state index in [2.05, 4.69) is 41.5 Å². The Kier molecular flexibility index (Phi) is 15.3. The summed E-state index contributed by atoms with van der Waals surface area (Å²) < 4.78 is 56.3. The average Bonchev–Trinajstić information content (AvgIpc) is 3.66. The highest BCUT2D eigenvalue weighted by atomic mass is 16.8. The van der Waals surface area contributed by atoms with Crippen LogP contribution in [0.5, 0.6) is 0 Å². The van der Waals surface area contributed by atoms with Crippen molar-refractivity contribution < 1.29 is 109 Å². The zero-order valence-corrected chi connectivity index (χ0v) is 44.3. The van der Waals surface area contributed by atoms with Gasteiger partial charge in [-0.25, -0.2) is 0 Å². The molecule has 5 aliphatic heterocycles. The van der Waals surface area contributed by atoms with Crippen molar-refractivity contribution in [3.8, 4) is 0 Å². The van der Waals surface area contributed by atoms with Crippen LogP contribution in [0.1, 0.15) is 113 Å². The molecule has 75 heavy (non-hydrogen) atoms. The molecule has 22 heteroatoms. The van der Waals surface area contributed by atoms with E-state index in [0.717, 1.165) is 51.2 Å². The van der Waals surface area contributed by atoms with E-state index in [0.29, 0.717) is 25.9 Å². The van der Waals surface area contributed by atoms with E-state index >= 15 is 0 Å². The summed E-state index contributed by atoms with van der Waals surface area (Å²) in [4.78, 5) is 12.6. The summed E-state index contributed by atoms with van der Waals surface area (Å²) in [6.07, 6.45) is -23.3. The van der Waals surface area contributed by atoms with Gasteiger partial charge in [-0.05, 0) is 105 Å². The summed E-state index contributed by atoms with van der Waals surface area (Å²) in [6.45, 7) is 13.6. The fourth-order valence-corrected chi connectivity index (χ4v) is 17.6. The van der Waals surface area contributed by atoms with Gasteiger partial charge < -0.3 is 109 Å². The predicted molar refractivity (Wildman–Crippen MR) is 255 cm³/mol. The van der Waals surface area contributed by atoms with Crippen molar-refractivity contribution in [2.75, 3.05) is 26.4 Å². The first-order valence-electron chi connectivity index (χ1n) is 27.5. The molecule has 5 aliphatic carbocycles. The number of hydrogen-bond acceptors (Lipinski definition) is 22. The van der Waals surface area contributed by atoms with Crippen LogP contribution in [0.15, 0.2) is 0 Å². The molecule has 0 amide bonds. The van der Waals surface area contributed by atoms with E-state index in [1.165, 1.54) is 6.92 Å². The first-order valence-corrected chi connectivity index (χ1v) is 27.5. The minimum absolute atomic E-state index is 0.0717. The van der Waals surface area contributed by atoms with Gasteiger partial charge >= 0.3 is 0 Å². The molecule has 5 heterocycles. The highest BCUT2D eigenvalue weighted by molar-refractivity contribution is 5.59. The molecule has 0 radical (unpaired) electrons. The smallest absolute Gasteiger partial charge is 0.187 e. The van der Waals surface area contributed by atoms with Crippen LogP contribution in [0.2, 0.25) is 0 Å². The Bertz CT molecular complexity index is 2050. The molecule has 22 nitrogen and oxygen atoms in total. The molecule has 0 aromatic carbocycles. The van der Waals surface area contributed by atoms with Gasteiger partial charge in [0.25, 0.3) is 0 Å². The molecular formula is C53H86O22. The van der Waals surface area contributed by atoms with Crippen molar-refractivity contribution in [3.05, 3.63) is 0 Å². The van der Waals surface area contributed by atoms with E-state index in [1.54, 1.807) is 0 Å². The summed E-state index contributed by atoms with van der Waals surface area (Å²) in [7, 11) is 0. The van der Waals surface area contributed by atoms with Crippen LogP contribution in [0, 0.1) is 50.2 Å². The summed E-state index contributed by atoms with van der Waals surface area (Å²) in [5.74, 6) is 0.451. The van der Waals surface area contributed by atoms with E-state index in [9.17, 15) is 66.1 Å². The van der Waals surface area contributed by atoms with Gasteiger partial charge in [0.05, 0.1) is 50.3 Å². The third kappa shape index (κ3) is 8.54. The zero-order valence-electron chi connectivity index (χ0n) is 44.3. The van der Waals surface area contributed by atoms with Crippen LogP contribution in [-0.2, 0) is 47.4 Å². The third-order valence-corrected chi connectivity index (χ3v) is 22.3. The second-order valence-corrected chi connectivity index (χ2v) is 26.2. The maximum Gasteiger partial charge on any atom is 0.187 e. The third-order valence-electron chi connectivity index (χ3n) is 22.3. The number of aliphatic hydroxyl groups excluding tert-OH is 12. The Morgan fingerprint density at radius 2 is 1.16 bits per heavy atom. The fraction of sp³-hybridized carbons (Fsp3) is 0.981. The topological polar surface area (TPSA) is 343 Å². The predicted octanol–water partition coefficient (Wildman–Crippen LogP) is -1.50. The van der Waals surface area contributed by atoms with Crippen LogP contribution < -0.4 is 0 Å². The Balaban J connectivity index is 0.902. The second kappa shape index (κ2) is 20.1. The summed E-state index contributed by atoms with van der Waals surface area (Å²) in [5.41, 5.74) is -2.58. The summed E-state index contributed by atoms with van der Waals surface area (Å²) in [6, 6.07) is 0. The van der Waals surface area contributed by atoms with Crippen LogP contribution >= 0.6 is 0 Å². The minimum atomic E-state index is -1.89. The number of carbonyl (C=O) groups is 1. The number of aldehydes is 1. The van der Waals surface area contributed by atoms with Gasteiger partial charge in [0, 0.05) is 16.2 Å². The van der Waals surface area contributed by atoms with E-state index in [4.69, 9.17) is 42.6 Å². The quantitative estimate of drug-likeness (QED) is 0.0827. The molecule has 430 valence electrons.